The number of rotatable bonds is 3. The van der Waals surface area contributed by atoms with Crippen molar-refractivity contribution in [1.82, 2.24) is 0 Å². The molecule has 1 aliphatic heterocycles. The Labute approximate surface area is 123 Å². The molecule has 1 atom stereocenters. The number of carbonyl (C=O) groups excluding carboxylic acids is 1. The lowest BCUT2D eigenvalue weighted by molar-refractivity contribution is -0.115. The van der Waals surface area contributed by atoms with Gasteiger partial charge in [-0.2, -0.15) is 0 Å². The van der Waals surface area contributed by atoms with Gasteiger partial charge in [0.25, 0.3) is 0 Å². The van der Waals surface area contributed by atoms with Crippen molar-refractivity contribution in [2.24, 2.45) is 0 Å². The Hall–Kier alpha value is -2.36. The molecule has 108 valence electrons. The van der Waals surface area contributed by atoms with Gasteiger partial charge in [-0.25, -0.2) is 4.39 Å². The number of para-hydroxylation sites is 1. The minimum Gasteiger partial charge on any atom is -0.359 e. The molecular weight excluding hydrogens is 267 g/mol. The summed E-state index contributed by atoms with van der Waals surface area (Å²) in [5.74, 6) is -0.403. The van der Waals surface area contributed by atoms with Crippen LogP contribution in [-0.4, -0.2) is 18.5 Å². The number of nitrogens with zero attached hydrogens (tertiary/aromatic N) is 1. The van der Waals surface area contributed by atoms with Crippen LogP contribution in [0.15, 0.2) is 48.5 Å². The fourth-order valence-corrected chi connectivity index (χ4v) is 2.76. The fourth-order valence-electron chi connectivity index (χ4n) is 2.76. The molecule has 1 N–H and O–H groups in total. The molecule has 3 rings (SSSR count). The maximum absolute atomic E-state index is 12.8. The Balaban J connectivity index is 1.69. The van der Waals surface area contributed by atoms with Crippen molar-refractivity contribution < 1.29 is 9.18 Å². The van der Waals surface area contributed by atoms with E-state index in [4.69, 9.17) is 0 Å². The number of fused-ring (bicyclic) bond motifs is 1. The van der Waals surface area contributed by atoms with Crippen LogP contribution in [-0.2, 0) is 11.2 Å². The standard InChI is InChI=1S/C17H17FN2O/c1-12-10-13-4-2-3-5-16(13)20(12)11-17(21)19-15-8-6-14(18)7-9-15/h2-9,12H,10-11H2,1H3,(H,19,21)/t12-/m1/s1. The molecule has 0 aliphatic carbocycles. The summed E-state index contributed by atoms with van der Waals surface area (Å²) >= 11 is 0. The molecule has 2 aromatic rings. The van der Waals surface area contributed by atoms with Gasteiger partial charge in [-0.1, -0.05) is 18.2 Å². The van der Waals surface area contributed by atoms with E-state index in [9.17, 15) is 9.18 Å². The van der Waals surface area contributed by atoms with Gasteiger partial charge in [0, 0.05) is 17.4 Å². The van der Waals surface area contributed by atoms with Gasteiger partial charge in [0.1, 0.15) is 5.82 Å². The summed E-state index contributed by atoms with van der Waals surface area (Å²) in [5.41, 5.74) is 3.01. The molecule has 0 radical (unpaired) electrons. The molecule has 0 unspecified atom stereocenters. The van der Waals surface area contributed by atoms with Crippen molar-refractivity contribution in [3.8, 4) is 0 Å². The maximum Gasteiger partial charge on any atom is 0.243 e. The molecule has 0 fully saturated rings. The van der Waals surface area contributed by atoms with E-state index in [2.05, 4.69) is 23.2 Å². The lowest BCUT2D eigenvalue weighted by atomic mass is 10.1. The van der Waals surface area contributed by atoms with Crippen molar-refractivity contribution in [1.29, 1.82) is 0 Å². The maximum atomic E-state index is 12.8. The average molecular weight is 284 g/mol. The Morgan fingerprint density at radius 3 is 2.71 bits per heavy atom. The Bertz CT molecular complexity index is 654. The number of anilines is 2. The molecule has 0 saturated heterocycles. The van der Waals surface area contributed by atoms with Crippen molar-refractivity contribution in [3.05, 3.63) is 59.9 Å². The quantitative estimate of drug-likeness (QED) is 0.938. The van der Waals surface area contributed by atoms with E-state index in [-0.39, 0.29) is 11.7 Å². The number of benzene rings is 2. The highest BCUT2D eigenvalue weighted by atomic mass is 19.1. The first-order valence-corrected chi connectivity index (χ1v) is 7.03. The van der Waals surface area contributed by atoms with Crippen LogP contribution in [0.5, 0.6) is 0 Å². The molecule has 1 aliphatic rings. The van der Waals surface area contributed by atoms with Crippen LogP contribution in [0.2, 0.25) is 0 Å². The van der Waals surface area contributed by atoms with E-state index in [1.54, 1.807) is 12.1 Å². The first kappa shape index (κ1) is 13.6. The SMILES string of the molecule is C[C@@H]1Cc2ccccc2N1CC(=O)Nc1ccc(F)cc1. The second-order valence-corrected chi connectivity index (χ2v) is 5.36. The molecule has 1 amide bonds. The summed E-state index contributed by atoms with van der Waals surface area (Å²) < 4.78 is 12.8. The van der Waals surface area contributed by atoms with Gasteiger partial charge in [-0.3, -0.25) is 4.79 Å². The van der Waals surface area contributed by atoms with E-state index in [1.807, 2.05) is 18.2 Å². The molecule has 21 heavy (non-hydrogen) atoms. The van der Waals surface area contributed by atoms with Crippen LogP contribution in [0.25, 0.3) is 0 Å². The van der Waals surface area contributed by atoms with Gasteiger partial charge in [0.2, 0.25) is 5.91 Å². The van der Waals surface area contributed by atoms with E-state index in [0.717, 1.165) is 12.1 Å². The van der Waals surface area contributed by atoms with Gasteiger partial charge >= 0.3 is 0 Å². The highest BCUT2D eigenvalue weighted by Crippen LogP contribution is 2.31. The molecular formula is C17H17FN2O. The van der Waals surface area contributed by atoms with Gasteiger partial charge < -0.3 is 10.2 Å². The third-order valence-corrected chi connectivity index (χ3v) is 3.79. The normalized spacial score (nSPS) is 16.7. The third-order valence-electron chi connectivity index (χ3n) is 3.79. The minimum absolute atomic E-state index is 0.0924. The van der Waals surface area contributed by atoms with E-state index in [0.29, 0.717) is 18.3 Å². The molecule has 0 aromatic heterocycles. The van der Waals surface area contributed by atoms with Crippen LogP contribution in [0, 0.1) is 5.82 Å². The van der Waals surface area contributed by atoms with E-state index < -0.39 is 0 Å². The Morgan fingerprint density at radius 1 is 1.24 bits per heavy atom. The largest absolute Gasteiger partial charge is 0.359 e. The summed E-state index contributed by atoms with van der Waals surface area (Å²) in [6.07, 6.45) is 0.958. The number of nitrogens with one attached hydrogen (secondary N) is 1. The molecule has 0 spiro atoms. The predicted octanol–water partition coefficient (Wildman–Crippen LogP) is 3.22. The number of halogens is 1. The lowest BCUT2D eigenvalue weighted by Crippen LogP contribution is -2.37. The third kappa shape index (κ3) is 2.89. The Kier molecular flexibility index (Phi) is 3.60. The second kappa shape index (κ2) is 5.56. The summed E-state index contributed by atoms with van der Waals surface area (Å²) in [6, 6.07) is 14.3. The van der Waals surface area contributed by atoms with Crippen LogP contribution >= 0.6 is 0 Å². The van der Waals surface area contributed by atoms with Crippen LogP contribution in [0.4, 0.5) is 15.8 Å². The van der Waals surface area contributed by atoms with Crippen molar-refractivity contribution >= 4 is 17.3 Å². The highest BCUT2D eigenvalue weighted by molar-refractivity contribution is 5.94. The number of amides is 1. The van der Waals surface area contributed by atoms with E-state index in [1.165, 1.54) is 17.7 Å². The smallest absolute Gasteiger partial charge is 0.243 e. The first-order valence-electron chi connectivity index (χ1n) is 7.03. The molecule has 0 saturated carbocycles. The number of hydrogen-bond acceptors (Lipinski definition) is 2. The zero-order chi connectivity index (χ0) is 14.8. The predicted molar refractivity (Wildman–Crippen MR) is 82.0 cm³/mol. The molecule has 3 nitrogen and oxygen atoms in total. The fraction of sp³-hybridized carbons (Fsp3) is 0.235. The number of carbonyl (C=O) groups is 1. The van der Waals surface area contributed by atoms with Crippen molar-refractivity contribution in [2.45, 2.75) is 19.4 Å². The van der Waals surface area contributed by atoms with Crippen molar-refractivity contribution in [2.75, 3.05) is 16.8 Å². The van der Waals surface area contributed by atoms with Crippen molar-refractivity contribution in [3.63, 3.8) is 0 Å². The van der Waals surface area contributed by atoms with Crippen LogP contribution in [0.3, 0.4) is 0 Å². The molecule has 0 bridgehead atoms. The zero-order valence-corrected chi connectivity index (χ0v) is 11.8. The molecule has 2 aromatic carbocycles. The summed E-state index contributed by atoms with van der Waals surface area (Å²) in [4.78, 5) is 14.3. The summed E-state index contributed by atoms with van der Waals surface area (Å²) in [7, 11) is 0. The lowest BCUT2D eigenvalue weighted by Gasteiger charge is -2.24. The van der Waals surface area contributed by atoms with Gasteiger partial charge in [0.05, 0.1) is 6.54 Å². The zero-order valence-electron chi connectivity index (χ0n) is 11.8. The minimum atomic E-state index is -0.310. The van der Waals surface area contributed by atoms with E-state index >= 15 is 0 Å². The van der Waals surface area contributed by atoms with Crippen LogP contribution < -0.4 is 10.2 Å². The summed E-state index contributed by atoms with van der Waals surface area (Å²) in [5, 5.41) is 2.80. The first-order chi connectivity index (χ1) is 10.1. The monoisotopic (exact) mass is 284 g/mol. The Morgan fingerprint density at radius 2 is 1.95 bits per heavy atom. The highest BCUT2D eigenvalue weighted by Gasteiger charge is 2.26. The summed E-state index contributed by atoms with van der Waals surface area (Å²) in [6.45, 7) is 2.42. The van der Waals surface area contributed by atoms with Gasteiger partial charge in [0.15, 0.2) is 0 Å². The topological polar surface area (TPSA) is 32.3 Å². The number of hydrogen-bond donors (Lipinski definition) is 1. The molecule has 4 heteroatoms. The second-order valence-electron chi connectivity index (χ2n) is 5.36. The average Bonchev–Trinajstić information content (AvgIpc) is 2.78. The van der Waals surface area contributed by atoms with Gasteiger partial charge in [-0.15, -0.1) is 0 Å². The van der Waals surface area contributed by atoms with Gasteiger partial charge in [-0.05, 0) is 49.2 Å². The van der Waals surface area contributed by atoms with Crippen LogP contribution in [0.1, 0.15) is 12.5 Å². The molecule has 1 heterocycles.